The summed E-state index contributed by atoms with van der Waals surface area (Å²) >= 11 is 10.6. The minimum absolute atomic E-state index is 0.747. The molecule has 0 spiro atoms. The normalized spacial score (nSPS) is 10.7. The number of rotatable bonds is 6. The largest absolute Gasteiger partial charge is 0.496 e. The summed E-state index contributed by atoms with van der Waals surface area (Å²) in [5, 5.41) is 0. The molecule has 168 valence electrons. The predicted octanol–water partition coefficient (Wildman–Crippen LogP) is 8.40. The molecule has 3 aromatic carbocycles. The van der Waals surface area contributed by atoms with Crippen LogP contribution in [0.4, 0.5) is 0 Å². The smallest absolute Gasteiger partial charge is 0.133 e. The first-order chi connectivity index (χ1) is 15.9. The summed E-state index contributed by atoms with van der Waals surface area (Å²) in [6.45, 7) is 0. The molecule has 0 atom stereocenters. The number of nitrogens with zero attached hydrogens (tertiary/aromatic N) is 1. The molecule has 4 rings (SSSR count). The van der Waals surface area contributed by atoms with Crippen molar-refractivity contribution in [2.24, 2.45) is 0 Å². The monoisotopic (exact) mass is 631 g/mol. The SMILES string of the molecule is COc1cc(-c2cc(-c3ccc(Br)c(OC)c3)nc(-c3ccc(Br)c(OC)c3)c2)ccc1Br. The van der Waals surface area contributed by atoms with E-state index in [-0.39, 0.29) is 0 Å². The number of hydrogen-bond acceptors (Lipinski definition) is 4. The van der Waals surface area contributed by atoms with E-state index in [4.69, 9.17) is 19.2 Å². The molecule has 7 heteroatoms. The third-order valence-electron chi connectivity index (χ3n) is 5.20. The highest BCUT2D eigenvalue weighted by molar-refractivity contribution is 9.11. The van der Waals surface area contributed by atoms with Crippen molar-refractivity contribution in [3.05, 3.63) is 80.1 Å². The maximum absolute atomic E-state index is 5.52. The lowest BCUT2D eigenvalue weighted by molar-refractivity contribution is 0.412. The Bertz CT molecular complexity index is 1150. The van der Waals surface area contributed by atoms with E-state index in [1.54, 1.807) is 21.3 Å². The first kappa shape index (κ1) is 23.8. The van der Waals surface area contributed by atoms with E-state index in [2.05, 4.69) is 66.0 Å². The number of ether oxygens (including phenoxy) is 3. The summed E-state index contributed by atoms with van der Waals surface area (Å²) in [5.74, 6) is 2.26. The van der Waals surface area contributed by atoms with Crippen molar-refractivity contribution >= 4 is 47.8 Å². The van der Waals surface area contributed by atoms with Gasteiger partial charge in [0, 0.05) is 11.1 Å². The summed E-state index contributed by atoms with van der Waals surface area (Å²) in [4.78, 5) is 4.99. The van der Waals surface area contributed by atoms with E-state index in [1.165, 1.54) is 0 Å². The fourth-order valence-corrected chi connectivity index (χ4v) is 4.70. The molecule has 0 fully saturated rings. The molecule has 0 unspecified atom stereocenters. The highest BCUT2D eigenvalue weighted by atomic mass is 79.9. The first-order valence-electron chi connectivity index (χ1n) is 9.97. The van der Waals surface area contributed by atoms with Gasteiger partial charge in [0.25, 0.3) is 0 Å². The van der Waals surface area contributed by atoms with Gasteiger partial charge in [-0.15, -0.1) is 0 Å². The number of aromatic nitrogens is 1. The summed E-state index contributed by atoms with van der Waals surface area (Å²) in [6, 6.07) is 22.1. The van der Waals surface area contributed by atoms with Crippen LogP contribution < -0.4 is 14.2 Å². The minimum Gasteiger partial charge on any atom is -0.496 e. The molecule has 4 aromatic rings. The molecule has 0 N–H and O–H groups in total. The standard InChI is InChI=1S/C26H20Br3NO3/c1-31-24-12-15(4-7-19(24)27)18-10-22(16-5-8-20(28)25(13-16)32-2)30-23(11-18)17-6-9-21(29)26(14-17)33-3/h4-14H,1-3H3. The number of hydrogen-bond donors (Lipinski definition) is 0. The van der Waals surface area contributed by atoms with Crippen molar-refractivity contribution in [1.29, 1.82) is 0 Å². The van der Waals surface area contributed by atoms with Crippen LogP contribution in [0.5, 0.6) is 17.2 Å². The molecule has 0 aliphatic heterocycles. The maximum atomic E-state index is 5.52. The number of halogens is 3. The zero-order valence-corrected chi connectivity index (χ0v) is 22.9. The summed E-state index contributed by atoms with van der Waals surface area (Å²) < 4.78 is 19.2. The third-order valence-corrected chi connectivity index (χ3v) is 7.17. The Morgan fingerprint density at radius 2 is 0.848 bits per heavy atom. The van der Waals surface area contributed by atoms with Gasteiger partial charge in [-0.05, 0) is 107 Å². The quantitative estimate of drug-likeness (QED) is 0.214. The highest BCUT2D eigenvalue weighted by Crippen LogP contribution is 2.37. The molecule has 0 aliphatic carbocycles. The first-order valence-corrected chi connectivity index (χ1v) is 12.3. The average Bonchev–Trinajstić information content (AvgIpc) is 2.84. The fraction of sp³-hybridized carbons (Fsp3) is 0.115. The summed E-state index contributed by atoms with van der Waals surface area (Å²) in [5.41, 5.74) is 5.60. The van der Waals surface area contributed by atoms with Crippen molar-refractivity contribution in [3.63, 3.8) is 0 Å². The van der Waals surface area contributed by atoms with Gasteiger partial charge in [-0.3, -0.25) is 0 Å². The van der Waals surface area contributed by atoms with Crippen LogP contribution in [0.2, 0.25) is 0 Å². The van der Waals surface area contributed by atoms with Gasteiger partial charge < -0.3 is 14.2 Å². The molecule has 4 nitrogen and oxygen atoms in total. The second-order valence-electron chi connectivity index (χ2n) is 7.17. The molecule has 0 amide bonds. The van der Waals surface area contributed by atoms with Crippen LogP contribution in [0.1, 0.15) is 0 Å². The Morgan fingerprint density at radius 3 is 1.24 bits per heavy atom. The molecule has 0 bridgehead atoms. The lowest BCUT2D eigenvalue weighted by Gasteiger charge is -2.13. The van der Waals surface area contributed by atoms with Crippen molar-refractivity contribution in [3.8, 4) is 50.9 Å². The topological polar surface area (TPSA) is 40.6 Å². The van der Waals surface area contributed by atoms with Gasteiger partial charge in [0.15, 0.2) is 0 Å². The van der Waals surface area contributed by atoms with Gasteiger partial charge in [-0.1, -0.05) is 18.2 Å². The fourth-order valence-electron chi connectivity index (χ4n) is 3.47. The van der Waals surface area contributed by atoms with Crippen molar-refractivity contribution in [1.82, 2.24) is 4.98 Å². The van der Waals surface area contributed by atoms with Crippen LogP contribution in [0, 0.1) is 0 Å². The van der Waals surface area contributed by atoms with Gasteiger partial charge in [-0.25, -0.2) is 4.98 Å². The number of methoxy groups -OCH3 is 3. The van der Waals surface area contributed by atoms with E-state index < -0.39 is 0 Å². The molecular weight excluding hydrogens is 614 g/mol. The summed E-state index contributed by atoms with van der Waals surface area (Å²) in [6.07, 6.45) is 0. The van der Waals surface area contributed by atoms with Gasteiger partial charge in [-0.2, -0.15) is 0 Å². The minimum atomic E-state index is 0.747. The van der Waals surface area contributed by atoms with Crippen LogP contribution in [-0.4, -0.2) is 26.3 Å². The molecular formula is C26H20Br3NO3. The van der Waals surface area contributed by atoms with E-state index in [0.29, 0.717) is 0 Å². The van der Waals surface area contributed by atoms with Gasteiger partial charge in [0.05, 0.1) is 46.1 Å². The van der Waals surface area contributed by atoms with Gasteiger partial charge in [0.1, 0.15) is 17.2 Å². The second-order valence-corrected chi connectivity index (χ2v) is 9.74. The Balaban J connectivity index is 1.94. The van der Waals surface area contributed by atoms with Crippen LogP contribution >= 0.6 is 47.8 Å². The molecule has 0 saturated carbocycles. The van der Waals surface area contributed by atoms with E-state index in [0.717, 1.165) is 64.3 Å². The molecule has 1 heterocycles. The average molecular weight is 634 g/mol. The second kappa shape index (κ2) is 10.3. The van der Waals surface area contributed by atoms with Crippen LogP contribution in [0.3, 0.4) is 0 Å². The molecule has 0 radical (unpaired) electrons. The lowest BCUT2D eigenvalue weighted by atomic mass is 9.99. The van der Waals surface area contributed by atoms with Crippen molar-refractivity contribution in [2.75, 3.05) is 21.3 Å². The van der Waals surface area contributed by atoms with E-state index >= 15 is 0 Å². The maximum Gasteiger partial charge on any atom is 0.133 e. The Labute approximate surface area is 218 Å². The lowest BCUT2D eigenvalue weighted by Crippen LogP contribution is -1.94. The zero-order valence-electron chi connectivity index (χ0n) is 18.2. The van der Waals surface area contributed by atoms with Crippen molar-refractivity contribution in [2.45, 2.75) is 0 Å². The van der Waals surface area contributed by atoms with E-state index in [1.807, 2.05) is 48.5 Å². The summed E-state index contributed by atoms with van der Waals surface area (Å²) in [7, 11) is 4.97. The van der Waals surface area contributed by atoms with Crippen LogP contribution in [-0.2, 0) is 0 Å². The molecule has 1 aromatic heterocycles. The zero-order chi connectivity index (χ0) is 23.5. The van der Waals surface area contributed by atoms with Crippen molar-refractivity contribution < 1.29 is 14.2 Å². The molecule has 0 aliphatic rings. The number of benzene rings is 3. The number of pyridine rings is 1. The van der Waals surface area contributed by atoms with Gasteiger partial charge in [0.2, 0.25) is 0 Å². The van der Waals surface area contributed by atoms with Crippen LogP contribution in [0.15, 0.2) is 80.1 Å². The third kappa shape index (κ3) is 5.10. The molecule has 33 heavy (non-hydrogen) atoms. The predicted molar refractivity (Wildman–Crippen MR) is 143 cm³/mol. The highest BCUT2D eigenvalue weighted by Gasteiger charge is 2.13. The van der Waals surface area contributed by atoms with Gasteiger partial charge >= 0.3 is 0 Å². The van der Waals surface area contributed by atoms with Crippen LogP contribution in [0.25, 0.3) is 33.6 Å². The Morgan fingerprint density at radius 1 is 0.485 bits per heavy atom. The Kier molecular flexibility index (Phi) is 7.41. The van der Waals surface area contributed by atoms with E-state index in [9.17, 15) is 0 Å². The molecule has 0 saturated heterocycles. The Hall–Kier alpha value is -2.35.